The molecule has 0 unspecified atom stereocenters. The summed E-state index contributed by atoms with van der Waals surface area (Å²) < 4.78 is 0. The summed E-state index contributed by atoms with van der Waals surface area (Å²) in [5.41, 5.74) is 2.91. The Morgan fingerprint density at radius 2 is 1.58 bits per heavy atom. The van der Waals surface area contributed by atoms with Crippen molar-refractivity contribution in [3.63, 3.8) is 0 Å². The highest BCUT2D eigenvalue weighted by atomic mass is 16.2. The zero-order valence-electron chi connectivity index (χ0n) is 16.0. The third-order valence-corrected chi connectivity index (χ3v) is 4.33. The van der Waals surface area contributed by atoms with Crippen molar-refractivity contribution in [3.8, 4) is 0 Å². The second-order valence-corrected chi connectivity index (χ2v) is 7.53. The zero-order valence-corrected chi connectivity index (χ0v) is 16.0. The van der Waals surface area contributed by atoms with Gasteiger partial charge in [-0.3, -0.25) is 9.59 Å². The van der Waals surface area contributed by atoms with Gasteiger partial charge in [-0.1, -0.05) is 63.2 Å². The van der Waals surface area contributed by atoms with Gasteiger partial charge in [0.1, 0.15) is 0 Å². The molecule has 0 aliphatic rings. The van der Waals surface area contributed by atoms with Crippen molar-refractivity contribution in [3.05, 3.63) is 71.3 Å². The van der Waals surface area contributed by atoms with Crippen molar-refractivity contribution < 1.29 is 9.59 Å². The van der Waals surface area contributed by atoms with E-state index in [2.05, 4.69) is 31.4 Å². The molecule has 0 aromatic heterocycles. The molecule has 0 radical (unpaired) electrons. The maximum atomic E-state index is 12.2. The molecule has 0 aliphatic carbocycles. The second kappa shape index (κ2) is 8.65. The first kappa shape index (κ1) is 19.7. The van der Waals surface area contributed by atoms with Crippen LogP contribution in [0.1, 0.15) is 61.6 Å². The molecule has 2 rings (SSSR count). The van der Waals surface area contributed by atoms with E-state index in [9.17, 15) is 9.59 Å². The van der Waals surface area contributed by atoms with Crippen LogP contribution in [0.15, 0.2) is 54.6 Å². The molecule has 1 atom stereocenters. The Bertz CT molecular complexity index is 731. The van der Waals surface area contributed by atoms with E-state index < -0.39 is 0 Å². The standard InChI is InChI=1S/C22H28N2O2/c1-16(17-8-6-5-7-9-17)24-20(25)14-15-23-21(26)18-10-12-19(13-11-18)22(2,3)4/h5-13,16H,14-15H2,1-4H3,(H,23,26)(H,24,25)/t16-/m0/s1. The summed E-state index contributed by atoms with van der Waals surface area (Å²) in [5.74, 6) is -0.237. The fraction of sp³-hybridized carbons (Fsp3) is 0.364. The van der Waals surface area contributed by atoms with Crippen LogP contribution in [-0.2, 0) is 10.2 Å². The van der Waals surface area contributed by atoms with E-state index in [1.165, 1.54) is 5.56 Å². The van der Waals surface area contributed by atoms with Gasteiger partial charge in [0, 0.05) is 18.5 Å². The SMILES string of the molecule is C[C@H](NC(=O)CCNC(=O)c1ccc(C(C)(C)C)cc1)c1ccccc1. The fourth-order valence-corrected chi connectivity index (χ4v) is 2.65. The minimum Gasteiger partial charge on any atom is -0.352 e. The lowest BCUT2D eigenvalue weighted by molar-refractivity contribution is -0.121. The predicted octanol–water partition coefficient (Wildman–Crippen LogP) is 3.98. The quantitative estimate of drug-likeness (QED) is 0.826. The van der Waals surface area contributed by atoms with Crippen molar-refractivity contribution in [1.29, 1.82) is 0 Å². The molecule has 2 N–H and O–H groups in total. The van der Waals surface area contributed by atoms with Crippen molar-refractivity contribution in [2.24, 2.45) is 0 Å². The Hall–Kier alpha value is -2.62. The van der Waals surface area contributed by atoms with E-state index >= 15 is 0 Å². The number of nitrogens with one attached hydrogen (secondary N) is 2. The van der Waals surface area contributed by atoms with Gasteiger partial charge in [0.25, 0.3) is 5.91 Å². The van der Waals surface area contributed by atoms with Crippen LogP contribution in [0.4, 0.5) is 0 Å². The summed E-state index contributed by atoms with van der Waals surface area (Å²) in [4.78, 5) is 24.2. The largest absolute Gasteiger partial charge is 0.352 e. The number of carbonyl (C=O) groups is 2. The number of amides is 2. The van der Waals surface area contributed by atoms with Gasteiger partial charge >= 0.3 is 0 Å². The lowest BCUT2D eigenvalue weighted by Crippen LogP contribution is -2.32. The van der Waals surface area contributed by atoms with E-state index in [1.807, 2.05) is 61.5 Å². The Morgan fingerprint density at radius 3 is 2.15 bits per heavy atom. The number of carbonyl (C=O) groups excluding carboxylic acids is 2. The molecule has 4 heteroatoms. The molecule has 2 aromatic carbocycles. The molecule has 2 aromatic rings. The molecule has 0 bridgehead atoms. The maximum Gasteiger partial charge on any atom is 0.251 e. The normalized spacial score (nSPS) is 12.3. The highest BCUT2D eigenvalue weighted by Gasteiger charge is 2.14. The summed E-state index contributed by atoms with van der Waals surface area (Å²) in [6, 6.07) is 17.4. The third kappa shape index (κ3) is 5.73. The van der Waals surface area contributed by atoms with Crippen molar-refractivity contribution in [2.45, 2.75) is 45.6 Å². The van der Waals surface area contributed by atoms with E-state index in [-0.39, 0.29) is 29.7 Å². The van der Waals surface area contributed by atoms with Crippen LogP contribution >= 0.6 is 0 Å². The minimum atomic E-state index is -0.158. The molecule has 0 fully saturated rings. The van der Waals surface area contributed by atoms with Crippen LogP contribution in [0.2, 0.25) is 0 Å². The summed E-state index contributed by atoms with van der Waals surface area (Å²) in [6.07, 6.45) is 0.253. The molecular weight excluding hydrogens is 324 g/mol. The summed E-state index contributed by atoms with van der Waals surface area (Å²) in [5, 5.41) is 5.74. The molecule has 0 saturated heterocycles. The Kier molecular flexibility index (Phi) is 6.56. The molecular formula is C22H28N2O2. The first-order valence-electron chi connectivity index (χ1n) is 9.00. The van der Waals surface area contributed by atoms with Crippen LogP contribution in [0, 0.1) is 0 Å². The number of benzene rings is 2. The van der Waals surface area contributed by atoms with Gasteiger partial charge < -0.3 is 10.6 Å². The maximum absolute atomic E-state index is 12.2. The van der Waals surface area contributed by atoms with Crippen LogP contribution in [0.5, 0.6) is 0 Å². The summed E-state index contributed by atoms with van der Waals surface area (Å²) >= 11 is 0. The number of hydrogen-bond acceptors (Lipinski definition) is 2. The van der Waals surface area contributed by atoms with Gasteiger partial charge in [0.15, 0.2) is 0 Å². The van der Waals surface area contributed by atoms with Gasteiger partial charge in [-0.25, -0.2) is 0 Å². The molecule has 2 amide bonds. The average Bonchev–Trinajstić information content (AvgIpc) is 2.61. The average molecular weight is 352 g/mol. The molecule has 26 heavy (non-hydrogen) atoms. The topological polar surface area (TPSA) is 58.2 Å². The van der Waals surface area contributed by atoms with Gasteiger partial charge in [-0.05, 0) is 35.6 Å². The third-order valence-electron chi connectivity index (χ3n) is 4.33. The van der Waals surface area contributed by atoms with Crippen molar-refractivity contribution >= 4 is 11.8 Å². The molecule has 0 spiro atoms. The minimum absolute atomic E-state index is 0.0515. The molecule has 0 heterocycles. The second-order valence-electron chi connectivity index (χ2n) is 7.53. The smallest absolute Gasteiger partial charge is 0.251 e. The number of hydrogen-bond donors (Lipinski definition) is 2. The monoisotopic (exact) mass is 352 g/mol. The molecule has 138 valence electrons. The van der Waals surface area contributed by atoms with Gasteiger partial charge in [-0.2, -0.15) is 0 Å². The van der Waals surface area contributed by atoms with E-state index in [0.29, 0.717) is 12.1 Å². The van der Waals surface area contributed by atoms with Crippen LogP contribution in [0.25, 0.3) is 0 Å². The van der Waals surface area contributed by atoms with Crippen LogP contribution in [-0.4, -0.2) is 18.4 Å². The molecule has 0 aliphatic heterocycles. The van der Waals surface area contributed by atoms with Gasteiger partial charge in [0.2, 0.25) is 5.91 Å². The fourth-order valence-electron chi connectivity index (χ4n) is 2.65. The Balaban J connectivity index is 1.78. The Labute approximate surface area is 156 Å². The Morgan fingerprint density at radius 1 is 0.962 bits per heavy atom. The lowest BCUT2D eigenvalue weighted by atomic mass is 9.87. The van der Waals surface area contributed by atoms with Gasteiger partial charge in [0.05, 0.1) is 6.04 Å². The summed E-state index contributed by atoms with van der Waals surface area (Å²) in [6.45, 7) is 8.67. The number of rotatable bonds is 6. The van der Waals surface area contributed by atoms with Crippen LogP contribution in [0.3, 0.4) is 0 Å². The predicted molar refractivity (Wildman–Crippen MR) is 105 cm³/mol. The molecule has 0 saturated carbocycles. The van der Waals surface area contributed by atoms with Gasteiger partial charge in [-0.15, -0.1) is 0 Å². The van der Waals surface area contributed by atoms with E-state index in [4.69, 9.17) is 0 Å². The van der Waals surface area contributed by atoms with E-state index in [1.54, 1.807) is 0 Å². The molecule has 4 nitrogen and oxygen atoms in total. The van der Waals surface area contributed by atoms with E-state index in [0.717, 1.165) is 5.56 Å². The lowest BCUT2D eigenvalue weighted by Gasteiger charge is -2.19. The highest BCUT2D eigenvalue weighted by Crippen LogP contribution is 2.22. The first-order chi connectivity index (χ1) is 12.3. The van der Waals surface area contributed by atoms with Crippen LogP contribution < -0.4 is 10.6 Å². The highest BCUT2D eigenvalue weighted by molar-refractivity contribution is 5.94. The first-order valence-corrected chi connectivity index (χ1v) is 9.00. The van der Waals surface area contributed by atoms with Crippen molar-refractivity contribution in [1.82, 2.24) is 10.6 Å². The zero-order chi connectivity index (χ0) is 19.2. The summed E-state index contributed by atoms with van der Waals surface area (Å²) in [7, 11) is 0. The van der Waals surface area contributed by atoms with Crippen molar-refractivity contribution in [2.75, 3.05) is 6.54 Å².